The Labute approximate surface area is 223 Å². The number of hydrogen-bond donors (Lipinski definition) is 4. The third-order valence-electron chi connectivity index (χ3n) is 6.10. The highest BCUT2D eigenvalue weighted by Crippen LogP contribution is 2.19. The minimum absolute atomic E-state index is 0.122. The van der Waals surface area contributed by atoms with Crippen molar-refractivity contribution in [3.05, 3.63) is 89.5 Å². The summed E-state index contributed by atoms with van der Waals surface area (Å²) in [5, 5.41) is 18.2. The lowest BCUT2D eigenvalue weighted by Crippen LogP contribution is -2.48. The van der Waals surface area contributed by atoms with Crippen molar-refractivity contribution < 1.29 is 24.2 Å². The molecule has 4 N–H and O–H groups in total. The minimum Gasteiger partial charge on any atom is -0.508 e. The van der Waals surface area contributed by atoms with Gasteiger partial charge in [-0.2, -0.15) is 0 Å². The summed E-state index contributed by atoms with van der Waals surface area (Å²) in [6, 6.07) is 19.0. The number of unbranched alkanes of at least 4 members (excludes halogenated alkanes) is 3. The molecule has 0 unspecified atom stereocenters. The number of amides is 3. The number of carbonyl (C=O) groups excluding carboxylic acids is 3. The minimum atomic E-state index is -0.844. The fourth-order valence-corrected chi connectivity index (χ4v) is 3.93. The highest BCUT2D eigenvalue weighted by atomic mass is 16.5. The maximum Gasteiger partial charge on any atom is 0.255 e. The number of phenols is 1. The topological polar surface area (TPSA) is 117 Å². The van der Waals surface area contributed by atoms with E-state index in [1.54, 1.807) is 79.9 Å². The van der Waals surface area contributed by atoms with E-state index < -0.39 is 11.9 Å². The first kappa shape index (κ1) is 28.2. The van der Waals surface area contributed by atoms with Crippen molar-refractivity contribution in [3.63, 3.8) is 0 Å². The van der Waals surface area contributed by atoms with Gasteiger partial charge in [-0.1, -0.05) is 50.5 Å². The predicted octanol–water partition coefficient (Wildman–Crippen LogP) is 4.69. The van der Waals surface area contributed by atoms with Crippen LogP contribution in [0.15, 0.2) is 72.8 Å². The smallest absolute Gasteiger partial charge is 0.255 e. The lowest BCUT2D eigenvalue weighted by molar-refractivity contribution is -0.122. The van der Waals surface area contributed by atoms with Gasteiger partial charge in [0.25, 0.3) is 11.8 Å². The summed E-state index contributed by atoms with van der Waals surface area (Å²) in [6.45, 7) is 2.65. The van der Waals surface area contributed by atoms with Crippen LogP contribution in [0.4, 0.5) is 5.69 Å². The first-order chi connectivity index (χ1) is 18.4. The summed E-state index contributed by atoms with van der Waals surface area (Å²) in [5.74, 6) is -0.400. The van der Waals surface area contributed by atoms with E-state index in [1.807, 2.05) is 0 Å². The fraction of sp³-hybridized carbons (Fsp3) is 0.300. The van der Waals surface area contributed by atoms with Crippen LogP contribution in [0.2, 0.25) is 0 Å². The largest absolute Gasteiger partial charge is 0.508 e. The zero-order valence-corrected chi connectivity index (χ0v) is 21.8. The summed E-state index contributed by atoms with van der Waals surface area (Å²) in [4.78, 5) is 39.2. The number of anilines is 1. The van der Waals surface area contributed by atoms with Crippen LogP contribution in [0.1, 0.15) is 58.9 Å². The normalized spacial score (nSPS) is 11.3. The van der Waals surface area contributed by atoms with E-state index >= 15 is 0 Å². The highest BCUT2D eigenvalue weighted by Gasteiger charge is 2.23. The Morgan fingerprint density at radius 3 is 2.26 bits per heavy atom. The van der Waals surface area contributed by atoms with Crippen molar-refractivity contribution in [1.82, 2.24) is 10.6 Å². The maximum absolute atomic E-state index is 13.3. The molecule has 3 amide bonds. The first-order valence-electron chi connectivity index (χ1n) is 12.8. The molecule has 0 fully saturated rings. The molecule has 0 aromatic heterocycles. The van der Waals surface area contributed by atoms with Crippen LogP contribution in [0, 0.1) is 0 Å². The molecular formula is C30H35N3O5. The summed E-state index contributed by atoms with van der Waals surface area (Å²) < 4.78 is 5.13. The Morgan fingerprint density at radius 2 is 1.58 bits per heavy atom. The Hall–Kier alpha value is -4.33. The van der Waals surface area contributed by atoms with Crippen molar-refractivity contribution >= 4 is 23.4 Å². The van der Waals surface area contributed by atoms with Crippen LogP contribution in [-0.2, 0) is 11.2 Å². The summed E-state index contributed by atoms with van der Waals surface area (Å²) in [5.41, 5.74) is 1.76. The average Bonchev–Trinajstić information content (AvgIpc) is 2.93. The first-order valence-corrected chi connectivity index (χ1v) is 12.8. The Balaban J connectivity index is 1.74. The van der Waals surface area contributed by atoms with Gasteiger partial charge in [0.05, 0.1) is 18.4 Å². The number of carbonyl (C=O) groups is 3. The second-order valence-corrected chi connectivity index (χ2v) is 8.98. The van der Waals surface area contributed by atoms with E-state index in [2.05, 4.69) is 22.9 Å². The number of hydrogen-bond acceptors (Lipinski definition) is 5. The molecule has 3 aromatic rings. The number of aromatic hydroxyl groups is 1. The highest BCUT2D eigenvalue weighted by molar-refractivity contribution is 6.09. The molecule has 3 rings (SSSR count). The quantitative estimate of drug-likeness (QED) is 0.246. The van der Waals surface area contributed by atoms with Crippen LogP contribution in [0.5, 0.6) is 11.5 Å². The Morgan fingerprint density at radius 1 is 0.868 bits per heavy atom. The maximum atomic E-state index is 13.3. The fourth-order valence-electron chi connectivity index (χ4n) is 3.93. The lowest BCUT2D eigenvalue weighted by atomic mass is 10.0. The van der Waals surface area contributed by atoms with Gasteiger partial charge in [0.2, 0.25) is 5.91 Å². The molecular weight excluding hydrogens is 482 g/mol. The monoisotopic (exact) mass is 517 g/mol. The number of nitrogens with one attached hydrogen (secondary N) is 3. The summed E-state index contributed by atoms with van der Waals surface area (Å²) in [6.07, 6.45) is 4.32. The number of methoxy groups -OCH3 is 1. The van der Waals surface area contributed by atoms with Gasteiger partial charge in [-0.25, -0.2) is 0 Å². The molecule has 0 saturated carbocycles. The average molecular weight is 518 g/mol. The molecule has 1 atom stereocenters. The zero-order valence-electron chi connectivity index (χ0n) is 21.8. The van der Waals surface area contributed by atoms with Crippen LogP contribution in [0.3, 0.4) is 0 Å². The summed E-state index contributed by atoms with van der Waals surface area (Å²) >= 11 is 0. The number of rotatable bonds is 13. The van der Waals surface area contributed by atoms with Gasteiger partial charge in [0.1, 0.15) is 17.5 Å². The molecule has 0 saturated heterocycles. The molecule has 200 valence electrons. The number of phenolic OH excluding ortho intramolecular Hbond substituents is 1. The number of benzene rings is 3. The molecule has 0 spiro atoms. The molecule has 0 radical (unpaired) electrons. The van der Waals surface area contributed by atoms with E-state index in [0.717, 1.165) is 31.2 Å². The molecule has 0 aliphatic rings. The second-order valence-electron chi connectivity index (χ2n) is 8.98. The van der Waals surface area contributed by atoms with Crippen molar-refractivity contribution in [2.45, 2.75) is 45.1 Å². The van der Waals surface area contributed by atoms with Crippen LogP contribution < -0.4 is 20.7 Å². The molecule has 8 heteroatoms. The van der Waals surface area contributed by atoms with Gasteiger partial charge in [0.15, 0.2) is 0 Å². The van der Waals surface area contributed by atoms with Gasteiger partial charge in [0, 0.05) is 18.5 Å². The third kappa shape index (κ3) is 8.37. The van der Waals surface area contributed by atoms with Crippen molar-refractivity contribution in [3.8, 4) is 11.5 Å². The third-order valence-corrected chi connectivity index (χ3v) is 6.10. The van der Waals surface area contributed by atoms with E-state index in [1.165, 1.54) is 0 Å². The molecule has 0 bridgehead atoms. The van der Waals surface area contributed by atoms with Gasteiger partial charge in [-0.05, 0) is 60.5 Å². The molecule has 8 nitrogen and oxygen atoms in total. The lowest BCUT2D eigenvalue weighted by Gasteiger charge is -2.20. The predicted molar refractivity (Wildman–Crippen MR) is 148 cm³/mol. The Kier molecular flexibility index (Phi) is 10.7. The van der Waals surface area contributed by atoms with Crippen LogP contribution in [-0.4, -0.2) is 42.5 Å². The van der Waals surface area contributed by atoms with Crippen molar-refractivity contribution in [1.29, 1.82) is 0 Å². The molecule has 0 aliphatic carbocycles. The SMILES string of the molecule is CCCCCCNC(=O)[C@@H](Cc1ccc(O)cc1)NC(=O)c1ccccc1NC(=O)c1ccc(OC)cc1. The van der Waals surface area contributed by atoms with Crippen molar-refractivity contribution in [2.75, 3.05) is 19.0 Å². The molecule has 3 aromatic carbocycles. The molecule has 38 heavy (non-hydrogen) atoms. The van der Waals surface area contributed by atoms with E-state index in [0.29, 0.717) is 23.5 Å². The number of ether oxygens (including phenoxy) is 1. The zero-order chi connectivity index (χ0) is 27.3. The standard InChI is InChI=1S/C30H35N3O5/c1-3-4-5-8-19-31-30(37)27(20-21-11-15-23(34)16-12-21)33-29(36)25-9-6-7-10-26(25)32-28(35)22-13-17-24(38-2)18-14-22/h6-7,9-18,27,34H,3-5,8,19-20H2,1-2H3,(H,31,37)(H,32,35)(H,33,36)/t27-/m1/s1. The van der Waals surface area contributed by atoms with E-state index in [-0.39, 0.29) is 29.5 Å². The van der Waals surface area contributed by atoms with Crippen LogP contribution >= 0.6 is 0 Å². The van der Waals surface area contributed by atoms with Gasteiger partial charge in [-0.3, -0.25) is 14.4 Å². The Bertz CT molecular complexity index is 1210. The number of para-hydroxylation sites is 1. The van der Waals surface area contributed by atoms with Gasteiger partial charge >= 0.3 is 0 Å². The second kappa shape index (κ2) is 14.4. The van der Waals surface area contributed by atoms with Gasteiger partial charge < -0.3 is 25.8 Å². The summed E-state index contributed by atoms with van der Waals surface area (Å²) in [7, 11) is 1.55. The van der Waals surface area contributed by atoms with Crippen LogP contribution in [0.25, 0.3) is 0 Å². The van der Waals surface area contributed by atoms with E-state index in [9.17, 15) is 19.5 Å². The van der Waals surface area contributed by atoms with E-state index in [4.69, 9.17) is 4.74 Å². The molecule has 0 heterocycles. The molecule has 0 aliphatic heterocycles. The van der Waals surface area contributed by atoms with Crippen molar-refractivity contribution in [2.24, 2.45) is 0 Å². The van der Waals surface area contributed by atoms with Gasteiger partial charge in [-0.15, -0.1) is 0 Å².